The molecule has 0 saturated carbocycles. The molecule has 1 aromatic carbocycles. The molecular weight excluding hydrogens is 262 g/mol. The molecule has 1 amide bonds. The van der Waals surface area contributed by atoms with E-state index in [2.05, 4.69) is 21.2 Å². The lowest BCUT2D eigenvalue weighted by Crippen LogP contribution is -2.32. The van der Waals surface area contributed by atoms with E-state index in [1.54, 1.807) is 6.92 Å². The van der Waals surface area contributed by atoms with Crippen molar-refractivity contribution < 1.29 is 14.6 Å². The predicted molar refractivity (Wildman–Crippen MR) is 60.3 cm³/mol. The summed E-state index contributed by atoms with van der Waals surface area (Å²) in [4.78, 5) is 10.2. The molecule has 5 heteroatoms. The molecule has 0 bridgehead atoms. The molecule has 1 aromatic rings. The van der Waals surface area contributed by atoms with Gasteiger partial charge in [0.1, 0.15) is 11.9 Å². The molecule has 4 nitrogen and oxygen atoms in total. The molecule has 2 N–H and O–H groups in total. The Morgan fingerprint density at radius 3 is 2.67 bits per heavy atom. The Balaban J connectivity index is 2.40. The highest BCUT2D eigenvalue weighted by molar-refractivity contribution is 9.10. The molecule has 1 rings (SSSR count). The Hall–Kier alpha value is -1.23. The second-order valence-corrected chi connectivity index (χ2v) is 3.98. The van der Waals surface area contributed by atoms with E-state index in [1.807, 2.05) is 24.3 Å². The van der Waals surface area contributed by atoms with Gasteiger partial charge in [0.15, 0.2) is 0 Å². The zero-order valence-electron chi connectivity index (χ0n) is 8.24. The van der Waals surface area contributed by atoms with E-state index in [0.717, 1.165) is 10.2 Å². The standard InChI is InChI=1S/C10H12BrNO3/c1-7(6-12-10(13)14)15-9-4-2-8(11)3-5-9/h2-5,7,12H,6H2,1H3,(H,13,14). The van der Waals surface area contributed by atoms with Gasteiger partial charge in [0.25, 0.3) is 0 Å². The summed E-state index contributed by atoms with van der Waals surface area (Å²) in [5, 5.41) is 10.7. The highest BCUT2D eigenvalue weighted by Crippen LogP contribution is 2.16. The molecule has 1 atom stereocenters. The van der Waals surface area contributed by atoms with Crippen LogP contribution in [0.4, 0.5) is 4.79 Å². The van der Waals surface area contributed by atoms with Crippen molar-refractivity contribution >= 4 is 22.0 Å². The molecule has 0 spiro atoms. The van der Waals surface area contributed by atoms with Crippen LogP contribution >= 0.6 is 15.9 Å². The number of amides is 1. The first-order valence-electron chi connectivity index (χ1n) is 4.47. The number of benzene rings is 1. The van der Waals surface area contributed by atoms with Gasteiger partial charge in [0.05, 0.1) is 6.54 Å². The molecule has 0 aliphatic rings. The highest BCUT2D eigenvalue weighted by Gasteiger charge is 2.05. The summed E-state index contributed by atoms with van der Waals surface area (Å²) in [7, 11) is 0. The van der Waals surface area contributed by atoms with Crippen molar-refractivity contribution in [2.24, 2.45) is 0 Å². The summed E-state index contributed by atoms with van der Waals surface area (Å²) < 4.78 is 6.45. The monoisotopic (exact) mass is 273 g/mol. The number of halogens is 1. The molecule has 0 aliphatic heterocycles. The van der Waals surface area contributed by atoms with E-state index in [-0.39, 0.29) is 12.6 Å². The Bertz CT molecular complexity index is 326. The van der Waals surface area contributed by atoms with E-state index in [9.17, 15) is 4.79 Å². The maximum absolute atomic E-state index is 10.2. The van der Waals surface area contributed by atoms with E-state index >= 15 is 0 Å². The topological polar surface area (TPSA) is 58.6 Å². The second-order valence-electron chi connectivity index (χ2n) is 3.07. The fraction of sp³-hybridized carbons (Fsp3) is 0.300. The second kappa shape index (κ2) is 5.60. The number of ether oxygens (including phenoxy) is 1. The van der Waals surface area contributed by atoms with Crippen molar-refractivity contribution in [3.8, 4) is 5.75 Å². The molecule has 0 aliphatic carbocycles. The van der Waals surface area contributed by atoms with Crippen LogP contribution in [0.25, 0.3) is 0 Å². The summed E-state index contributed by atoms with van der Waals surface area (Å²) in [6.45, 7) is 2.07. The lowest BCUT2D eigenvalue weighted by Gasteiger charge is -2.14. The third-order valence-electron chi connectivity index (χ3n) is 1.69. The van der Waals surface area contributed by atoms with Gasteiger partial charge in [0.2, 0.25) is 0 Å². The van der Waals surface area contributed by atoms with Gasteiger partial charge in [-0.2, -0.15) is 0 Å². The average Bonchev–Trinajstić information content (AvgIpc) is 2.19. The SMILES string of the molecule is CC(CNC(=O)O)Oc1ccc(Br)cc1. The number of rotatable bonds is 4. The third-order valence-corrected chi connectivity index (χ3v) is 2.22. The van der Waals surface area contributed by atoms with Crippen LogP contribution in [0.15, 0.2) is 28.7 Å². The lowest BCUT2D eigenvalue weighted by molar-refractivity contribution is 0.178. The fourth-order valence-corrected chi connectivity index (χ4v) is 1.28. The van der Waals surface area contributed by atoms with E-state index in [0.29, 0.717) is 0 Å². The zero-order valence-corrected chi connectivity index (χ0v) is 9.82. The van der Waals surface area contributed by atoms with Crippen LogP contribution in [-0.4, -0.2) is 23.8 Å². The first kappa shape index (κ1) is 11.8. The maximum Gasteiger partial charge on any atom is 0.404 e. The predicted octanol–water partition coefficient (Wildman–Crippen LogP) is 2.48. The largest absolute Gasteiger partial charge is 0.489 e. The maximum atomic E-state index is 10.2. The minimum absolute atomic E-state index is 0.192. The van der Waals surface area contributed by atoms with Crippen LogP contribution in [0, 0.1) is 0 Å². The first-order chi connectivity index (χ1) is 7.08. The van der Waals surface area contributed by atoms with E-state index in [1.165, 1.54) is 0 Å². The zero-order chi connectivity index (χ0) is 11.3. The first-order valence-corrected chi connectivity index (χ1v) is 5.26. The van der Waals surface area contributed by atoms with Gasteiger partial charge in [-0.3, -0.25) is 0 Å². The number of nitrogens with one attached hydrogen (secondary N) is 1. The summed E-state index contributed by atoms with van der Waals surface area (Å²) in [5.74, 6) is 0.720. The van der Waals surface area contributed by atoms with Gasteiger partial charge in [-0.05, 0) is 31.2 Å². The number of carboxylic acid groups (broad SMARTS) is 1. The Morgan fingerprint density at radius 2 is 2.13 bits per heavy atom. The minimum atomic E-state index is -1.04. The van der Waals surface area contributed by atoms with Gasteiger partial charge >= 0.3 is 6.09 Å². The van der Waals surface area contributed by atoms with Crippen LogP contribution in [0.2, 0.25) is 0 Å². The molecule has 15 heavy (non-hydrogen) atoms. The van der Waals surface area contributed by atoms with Crippen molar-refractivity contribution in [1.29, 1.82) is 0 Å². The molecule has 1 unspecified atom stereocenters. The summed E-state index contributed by atoms with van der Waals surface area (Å²) in [6, 6.07) is 7.38. The van der Waals surface area contributed by atoms with Gasteiger partial charge < -0.3 is 15.2 Å². The number of hydrogen-bond acceptors (Lipinski definition) is 2. The van der Waals surface area contributed by atoms with Crippen LogP contribution < -0.4 is 10.1 Å². The van der Waals surface area contributed by atoms with Gasteiger partial charge in [-0.25, -0.2) is 4.79 Å². The van der Waals surface area contributed by atoms with Crippen molar-refractivity contribution in [2.75, 3.05) is 6.54 Å². The van der Waals surface area contributed by atoms with Crippen molar-refractivity contribution in [3.63, 3.8) is 0 Å². The molecule has 0 fully saturated rings. The summed E-state index contributed by atoms with van der Waals surface area (Å²) in [6.07, 6.45) is -1.23. The van der Waals surface area contributed by atoms with Crippen molar-refractivity contribution in [3.05, 3.63) is 28.7 Å². The smallest absolute Gasteiger partial charge is 0.404 e. The van der Waals surface area contributed by atoms with Gasteiger partial charge in [-0.1, -0.05) is 15.9 Å². The Kier molecular flexibility index (Phi) is 4.42. The molecule has 0 heterocycles. The summed E-state index contributed by atoms with van der Waals surface area (Å²) in [5.41, 5.74) is 0. The van der Waals surface area contributed by atoms with Crippen LogP contribution in [0.5, 0.6) is 5.75 Å². The van der Waals surface area contributed by atoms with Gasteiger partial charge in [0, 0.05) is 4.47 Å². The molecule has 0 radical (unpaired) electrons. The normalized spacial score (nSPS) is 11.9. The van der Waals surface area contributed by atoms with Crippen molar-refractivity contribution in [1.82, 2.24) is 5.32 Å². The molecular formula is C10H12BrNO3. The van der Waals surface area contributed by atoms with Crippen molar-refractivity contribution in [2.45, 2.75) is 13.0 Å². The van der Waals surface area contributed by atoms with Crippen LogP contribution in [0.1, 0.15) is 6.92 Å². The number of carbonyl (C=O) groups is 1. The Morgan fingerprint density at radius 1 is 1.53 bits per heavy atom. The third kappa shape index (κ3) is 4.69. The van der Waals surface area contributed by atoms with Crippen LogP contribution in [0.3, 0.4) is 0 Å². The molecule has 0 saturated heterocycles. The quantitative estimate of drug-likeness (QED) is 0.886. The molecule has 0 aromatic heterocycles. The Labute approximate surface area is 96.4 Å². The molecule has 82 valence electrons. The van der Waals surface area contributed by atoms with E-state index in [4.69, 9.17) is 9.84 Å². The minimum Gasteiger partial charge on any atom is -0.489 e. The average molecular weight is 274 g/mol. The summed E-state index contributed by atoms with van der Waals surface area (Å²) >= 11 is 3.32. The highest BCUT2D eigenvalue weighted by atomic mass is 79.9. The lowest BCUT2D eigenvalue weighted by atomic mass is 10.3. The van der Waals surface area contributed by atoms with Gasteiger partial charge in [-0.15, -0.1) is 0 Å². The van der Waals surface area contributed by atoms with Crippen LogP contribution in [-0.2, 0) is 0 Å². The van der Waals surface area contributed by atoms with E-state index < -0.39 is 6.09 Å². The number of hydrogen-bond donors (Lipinski definition) is 2. The fourth-order valence-electron chi connectivity index (χ4n) is 1.02.